The molecule has 1 saturated carbocycles. The third-order valence-corrected chi connectivity index (χ3v) is 7.98. The monoisotopic (exact) mass is 476 g/mol. The van der Waals surface area contributed by atoms with E-state index in [0.29, 0.717) is 25.8 Å². The second-order valence-electron chi connectivity index (χ2n) is 10.0. The average molecular weight is 477 g/mol. The number of piperidine rings is 1. The molecule has 3 aliphatic rings. The van der Waals surface area contributed by atoms with Gasteiger partial charge in [-0.15, -0.1) is 0 Å². The molecule has 0 aromatic heterocycles. The first kappa shape index (κ1) is 23.4. The summed E-state index contributed by atoms with van der Waals surface area (Å²) in [6, 6.07) is 15.6. The maximum absolute atomic E-state index is 13.6. The van der Waals surface area contributed by atoms with Gasteiger partial charge in [0.2, 0.25) is 5.91 Å². The lowest BCUT2D eigenvalue weighted by molar-refractivity contribution is -0.157. The topological polar surface area (TPSA) is 95.9 Å². The zero-order valence-electron chi connectivity index (χ0n) is 19.9. The molecule has 0 radical (unpaired) electrons. The van der Waals surface area contributed by atoms with E-state index in [1.165, 1.54) is 16.0 Å². The van der Waals surface area contributed by atoms with E-state index in [1.807, 2.05) is 24.3 Å². The van der Waals surface area contributed by atoms with Gasteiger partial charge in [-0.2, -0.15) is 0 Å². The van der Waals surface area contributed by atoms with Crippen molar-refractivity contribution in [3.63, 3.8) is 0 Å². The lowest BCUT2D eigenvalue weighted by Gasteiger charge is -2.39. The van der Waals surface area contributed by atoms with Crippen LogP contribution in [-0.4, -0.2) is 53.7 Å². The van der Waals surface area contributed by atoms with E-state index in [9.17, 15) is 19.5 Å². The number of amides is 2. The molecule has 5 rings (SSSR count). The van der Waals surface area contributed by atoms with Crippen LogP contribution in [0, 0.1) is 5.41 Å². The summed E-state index contributed by atoms with van der Waals surface area (Å²) in [6.07, 6.45) is 4.65. The van der Waals surface area contributed by atoms with E-state index in [0.717, 1.165) is 36.8 Å². The zero-order valence-corrected chi connectivity index (χ0v) is 19.9. The van der Waals surface area contributed by atoms with Crippen LogP contribution in [-0.2, 0) is 14.3 Å². The van der Waals surface area contributed by atoms with E-state index in [1.54, 1.807) is 0 Å². The number of carbonyl (C=O) groups is 3. The Kier molecular flexibility index (Phi) is 6.50. The van der Waals surface area contributed by atoms with Crippen molar-refractivity contribution in [3.05, 3.63) is 59.7 Å². The number of nitrogens with zero attached hydrogens (tertiary/aromatic N) is 1. The molecule has 2 N–H and O–H groups in total. The minimum atomic E-state index is -0.948. The number of hydrogen-bond donors (Lipinski definition) is 2. The maximum Gasteiger partial charge on any atom is 0.407 e. The van der Waals surface area contributed by atoms with Crippen LogP contribution in [0.15, 0.2) is 48.5 Å². The van der Waals surface area contributed by atoms with Gasteiger partial charge in [-0.1, -0.05) is 61.4 Å². The largest absolute Gasteiger partial charge is 0.480 e. The number of carboxylic acid groups (broad SMARTS) is 1. The number of aliphatic carboxylic acids is 1. The molecule has 1 unspecified atom stereocenters. The van der Waals surface area contributed by atoms with Gasteiger partial charge in [0.05, 0.1) is 5.41 Å². The number of likely N-dealkylation sites (tertiary alicyclic amines) is 1. The maximum atomic E-state index is 13.6. The van der Waals surface area contributed by atoms with Crippen LogP contribution < -0.4 is 5.32 Å². The van der Waals surface area contributed by atoms with E-state index in [-0.39, 0.29) is 25.0 Å². The fourth-order valence-corrected chi connectivity index (χ4v) is 6.14. The van der Waals surface area contributed by atoms with Crippen molar-refractivity contribution >= 4 is 18.0 Å². The van der Waals surface area contributed by atoms with Gasteiger partial charge in [-0.3, -0.25) is 4.79 Å². The molecular formula is C28H32N2O5. The molecule has 1 aliphatic heterocycles. The molecule has 2 aromatic rings. The number of alkyl carbamates (subject to hydrolysis) is 1. The Balaban J connectivity index is 1.24. The predicted octanol–water partition coefficient (Wildman–Crippen LogP) is 4.55. The Labute approximate surface area is 205 Å². The summed E-state index contributed by atoms with van der Waals surface area (Å²) >= 11 is 0. The highest BCUT2D eigenvalue weighted by atomic mass is 16.5. The zero-order chi connectivity index (χ0) is 24.4. The molecule has 35 heavy (non-hydrogen) atoms. The van der Waals surface area contributed by atoms with E-state index >= 15 is 0 Å². The van der Waals surface area contributed by atoms with Crippen LogP contribution in [0.4, 0.5) is 4.79 Å². The number of benzene rings is 2. The lowest BCUT2D eigenvalue weighted by atomic mass is 9.83. The number of ether oxygens (including phenoxy) is 1. The molecule has 0 spiro atoms. The van der Waals surface area contributed by atoms with Crippen LogP contribution in [0.25, 0.3) is 11.1 Å². The molecule has 2 aromatic carbocycles. The van der Waals surface area contributed by atoms with Gasteiger partial charge in [0.1, 0.15) is 12.6 Å². The van der Waals surface area contributed by atoms with Crippen LogP contribution >= 0.6 is 0 Å². The highest BCUT2D eigenvalue weighted by Crippen LogP contribution is 2.44. The summed E-state index contributed by atoms with van der Waals surface area (Å²) in [4.78, 5) is 39.6. The molecule has 7 heteroatoms. The van der Waals surface area contributed by atoms with Crippen molar-refractivity contribution in [2.24, 2.45) is 5.41 Å². The fourth-order valence-electron chi connectivity index (χ4n) is 6.14. The number of hydrogen-bond acceptors (Lipinski definition) is 4. The van der Waals surface area contributed by atoms with Crippen molar-refractivity contribution in [1.29, 1.82) is 0 Å². The van der Waals surface area contributed by atoms with Crippen molar-refractivity contribution in [2.75, 3.05) is 19.7 Å². The fraction of sp³-hybridized carbons (Fsp3) is 0.464. The van der Waals surface area contributed by atoms with E-state index in [4.69, 9.17) is 4.74 Å². The number of rotatable bonds is 6. The molecule has 2 fully saturated rings. The summed E-state index contributed by atoms with van der Waals surface area (Å²) in [5.41, 5.74) is 3.88. The Morgan fingerprint density at radius 3 is 2.20 bits per heavy atom. The number of carbonyl (C=O) groups excluding carboxylic acids is 2. The second kappa shape index (κ2) is 9.72. The molecule has 2 aliphatic carbocycles. The minimum Gasteiger partial charge on any atom is -0.480 e. The highest BCUT2D eigenvalue weighted by molar-refractivity contribution is 5.88. The molecular weight excluding hydrogens is 444 g/mol. The van der Waals surface area contributed by atoms with E-state index < -0.39 is 23.5 Å². The van der Waals surface area contributed by atoms with E-state index in [2.05, 4.69) is 29.6 Å². The summed E-state index contributed by atoms with van der Waals surface area (Å²) in [7, 11) is 0. The van der Waals surface area contributed by atoms with Gasteiger partial charge >= 0.3 is 12.1 Å². The smallest absolute Gasteiger partial charge is 0.407 e. The number of fused-ring (bicyclic) bond motifs is 3. The Hall–Kier alpha value is -3.35. The molecule has 1 saturated heterocycles. The van der Waals surface area contributed by atoms with Gasteiger partial charge in [-0.05, 0) is 54.4 Å². The van der Waals surface area contributed by atoms with Crippen LogP contribution in [0.1, 0.15) is 62.0 Å². The first-order valence-corrected chi connectivity index (χ1v) is 12.6. The van der Waals surface area contributed by atoms with Crippen molar-refractivity contribution < 1.29 is 24.2 Å². The van der Waals surface area contributed by atoms with Crippen LogP contribution in [0.2, 0.25) is 0 Å². The van der Waals surface area contributed by atoms with Gasteiger partial charge in [0.25, 0.3) is 0 Å². The number of carboxylic acids is 1. The van der Waals surface area contributed by atoms with Crippen LogP contribution in [0.5, 0.6) is 0 Å². The van der Waals surface area contributed by atoms with Crippen molar-refractivity contribution in [3.8, 4) is 11.1 Å². The first-order valence-electron chi connectivity index (χ1n) is 12.6. The first-order chi connectivity index (χ1) is 17.0. The summed E-state index contributed by atoms with van der Waals surface area (Å²) in [6.45, 7) is 0.849. The Morgan fingerprint density at radius 1 is 0.943 bits per heavy atom. The van der Waals surface area contributed by atoms with Crippen molar-refractivity contribution in [2.45, 2.75) is 56.9 Å². The summed E-state index contributed by atoms with van der Waals surface area (Å²) < 4.78 is 5.66. The SMILES string of the molecule is O=C(NCC1(C(=O)N2CCCCC2C(=O)O)CCCC1)OCC1c2ccccc2-c2ccccc21. The van der Waals surface area contributed by atoms with Crippen LogP contribution in [0.3, 0.4) is 0 Å². The lowest BCUT2D eigenvalue weighted by Crippen LogP contribution is -2.55. The van der Waals surface area contributed by atoms with Crippen molar-refractivity contribution in [1.82, 2.24) is 10.2 Å². The Bertz CT molecular complexity index is 1080. The minimum absolute atomic E-state index is 0.0279. The number of nitrogens with one attached hydrogen (secondary N) is 1. The van der Waals surface area contributed by atoms with Gasteiger partial charge in [0, 0.05) is 19.0 Å². The molecule has 1 atom stereocenters. The standard InChI is InChI=1S/C28H32N2O5/c31-25(32)24-13-5-8-16-30(24)26(33)28(14-6-7-15-28)18-29-27(34)35-17-23-21-11-3-1-9-19(21)20-10-2-4-12-22(20)23/h1-4,9-12,23-24H,5-8,13-18H2,(H,29,34)(H,31,32). The van der Waals surface area contributed by atoms with Gasteiger partial charge in [-0.25, -0.2) is 9.59 Å². The predicted molar refractivity (Wildman–Crippen MR) is 131 cm³/mol. The summed E-state index contributed by atoms with van der Waals surface area (Å²) in [5.74, 6) is -1.11. The summed E-state index contributed by atoms with van der Waals surface area (Å²) in [5, 5.41) is 12.5. The van der Waals surface area contributed by atoms with Gasteiger partial charge in [0.15, 0.2) is 0 Å². The Morgan fingerprint density at radius 2 is 1.57 bits per heavy atom. The molecule has 1 heterocycles. The highest BCUT2D eigenvalue weighted by Gasteiger charge is 2.47. The second-order valence-corrected chi connectivity index (χ2v) is 10.0. The average Bonchev–Trinajstić information content (AvgIpc) is 3.49. The van der Waals surface area contributed by atoms with Gasteiger partial charge < -0.3 is 20.1 Å². The normalized spacial score (nSPS) is 20.7. The third-order valence-electron chi connectivity index (χ3n) is 7.98. The molecule has 7 nitrogen and oxygen atoms in total. The molecule has 2 amide bonds. The molecule has 184 valence electrons. The third kappa shape index (κ3) is 4.40. The molecule has 0 bridgehead atoms. The quantitative estimate of drug-likeness (QED) is 0.638.